The molecule has 1 saturated carbocycles. The number of aryl methyl sites for hydroxylation is 2. The first-order valence-electron chi connectivity index (χ1n) is 6.87. The minimum absolute atomic E-state index is 0.0351. The number of imidazole rings is 1. The number of nitrogens with one attached hydrogen (secondary N) is 1. The van der Waals surface area contributed by atoms with E-state index in [0.29, 0.717) is 6.04 Å². The molecule has 0 bridgehead atoms. The summed E-state index contributed by atoms with van der Waals surface area (Å²) in [5.41, 5.74) is 3.33. The second kappa shape index (κ2) is 4.23. The molecule has 3 unspecified atom stereocenters. The first-order chi connectivity index (χ1) is 9.04. The first kappa shape index (κ1) is 12.5. The van der Waals surface area contributed by atoms with Crippen LogP contribution in [0.5, 0.6) is 0 Å². The van der Waals surface area contributed by atoms with E-state index >= 15 is 0 Å². The summed E-state index contributed by atoms with van der Waals surface area (Å²) in [6.07, 6.45) is 1.29. The summed E-state index contributed by atoms with van der Waals surface area (Å²) in [6.45, 7) is 2.30. The quantitative estimate of drug-likeness (QED) is 0.913. The maximum Gasteiger partial charge on any atom is 0.328 e. The normalized spacial score (nSPS) is 23.8. The van der Waals surface area contributed by atoms with E-state index in [1.54, 1.807) is 9.13 Å². The van der Waals surface area contributed by atoms with Gasteiger partial charge in [-0.1, -0.05) is 13.0 Å². The van der Waals surface area contributed by atoms with Crippen LogP contribution in [0.2, 0.25) is 0 Å². The smallest absolute Gasteiger partial charge is 0.313 e. The number of fused-ring (bicyclic) bond motifs is 1. The summed E-state index contributed by atoms with van der Waals surface area (Å²) in [6, 6.07) is 6.76. The van der Waals surface area contributed by atoms with Crippen LogP contribution < -0.4 is 11.0 Å². The maximum absolute atomic E-state index is 11.9. The second-order valence-electron chi connectivity index (χ2n) is 5.79. The minimum Gasteiger partial charge on any atom is -0.313 e. The highest BCUT2D eigenvalue weighted by atomic mass is 16.1. The average Bonchev–Trinajstić information content (AvgIpc) is 3.09. The number of benzene rings is 1. The lowest BCUT2D eigenvalue weighted by molar-refractivity contribution is 0.504. The Bertz CT molecular complexity index is 682. The number of hydrogen-bond acceptors (Lipinski definition) is 2. The Morgan fingerprint density at radius 3 is 2.47 bits per heavy atom. The number of nitrogens with zero attached hydrogens (tertiary/aromatic N) is 2. The van der Waals surface area contributed by atoms with Gasteiger partial charge in [0.05, 0.1) is 11.0 Å². The van der Waals surface area contributed by atoms with Gasteiger partial charge in [0.2, 0.25) is 0 Å². The molecule has 0 amide bonds. The fraction of sp³-hybridized carbons (Fsp3) is 0.533. The summed E-state index contributed by atoms with van der Waals surface area (Å²) in [4.78, 5) is 11.9. The number of hydrogen-bond donors (Lipinski definition) is 1. The molecule has 4 nitrogen and oxygen atoms in total. The van der Waals surface area contributed by atoms with Crippen LogP contribution in [0.3, 0.4) is 0 Å². The molecular formula is C15H21N3O. The van der Waals surface area contributed by atoms with E-state index in [-0.39, 0.29) is 5.69 Å². The van der Waals surface area contributed by atoms with E-state index in [2.05, 4.69) is 30.4 Å². The van der Waals surface area contributed by atoms with Gasteiger partial charge in [0.1, 0.15) is 0 Å². The SMILES string of the molecule is CNC(c1ccc2c(c1)n(C)c(=O)n2C)C1CC1C. The van der Waals surface area contributed by atoms with Crippen molar-refractivity contribution in [3.8, 4) is 0 Å². The van der Waals surface area contributed by atoms with Crippen molar-refractivity contribution in [2.75, 3.05) is 7.05 Å². The molecule has 1 aliphatic rings. The van der Waals surface area contributed by atoms with Crippen molar-refractivity contribution in [1.29, 1.82) is 0 Å². The van der Waals surface area contributed by atoms with Gasteiger partial charge in [0.25, 0.3) is 0 Å². The van der Waals surface area contributed by atoms with Gasteiger partial charge in [0, 0.05) is 20.1 Å². The van der Waals surface area contributed by atoms with E-state index in [1.807, 2.05) is 21.1 Å². The fourth-order valence-corrected chi connectivity index (χ4v) is 3.16. The lowest BCUT2D eigenvalue weighted by atomic mass is 10.0. The van der Waals surface area contributed by atoms with Crippen molar-refractivity contribution in [2.24, 2.45) is 25.9 Å². The van der Waals surface area contributed by atoms with Gasteiger partial charge in [-0.2, -0.15) is 0 Å². The molecule has 3 atom stereocenters. The summed E-state index contributed by atoms with van der Waals surface area (Å²) < 4.78 is 3.43. The fourth-order valence-electron chi connectivity index (χ4n) is 3.16. The van der Waals surface area contributed by atoms with Gasteiger partial charge >= 0.3 is 5.69 Å². The zero-order valence-corrected chi connectivity index (χ0v) is 12.0. The van der Waals surface area contributed by atoms with Crippen molar-refractivity contribution in [3.63, 3.8) is 0 Å². The van der Waals surface area contributed by atoms with Gasteiger partial charge in [-0.25, -0.2) is 4.79 Å². The third-order valence-corrected chi connectivity index (χ3v) is 4.57. The first-order valence-corrected chi connectivity index (χ1v) is 6.87. The number of rotatable bonds is 3. The van der Waals surface area contributed by atoms with Crippen LogP contribution >= 0.6 is 0 Å². The molecule has 1 heterocycles. The van der Waals surface area contributed by atoms with Crippen LogP contribution in [0.15, 0.2) is 23.0 Å². The van der Waals surface area contributed by atoms with Gasteiger partial charge in [-0.3, -0.25) is 9.13 Å². The highest BCUT2D eigenvalue weighted by Crippen LogP contribution is 2.46. The maximum atomic E-state index is 11.9. The zero-order valence-electron chi connectivity index (χ0n) is 12.0. The zero-order chi connectivity index (χ0) is 13.7. The highest BCUT2D eigenvalue weighted by molar-refractivity contribution is 5.77. The molecule has 0 spiro atoms. The van der Waals surface area contributed by atoms with Gasteiger partial charge in [-0.15, -0.1) is 0 Å². The third-order valence-electron chi connectivity index (χ3n) is 4.57. The second-order valence-corrected chi connectivity index (χ2v) is 5.79. The van der Waals surface area contributed by atoms with Crippen LogP contribution in [0.4, 0.5) is 0 Å². The van der Waals surface area contributed by atoms with Crippen LogP contribution in [-0.2, 0) is 14.1 Å². The highest BCUT2D eigenvalue weighted by Gasteiger charge is 2.39. The molecule has 2 aromatic rings. The molecule has 4 heteroatoms. The van der Waals surface area contributed by atoms with Crippen molar-refractivity contribution in [2.45, 2.75) is 19.4 Å². The van der Waals surface area contributed by atoms with Crippen LogP contribution in [0, 0.1) is 11.8 Å². The molecule has 1 N–H and O–H groups in total. The molecule has 0 saturated heterocycles. The molecular weight excluding hydrogens is 238 g/mol. The van der Waals surface area contributed by atoms with Gasteiger partial charge in [-0.05, 0) is 43.0 Å². The Morgan fingerprint density at radius 1 is 1.26 bits per heavy atom. The third kappa shape index (κ3) is 1.82. The Hall–Kier alpha value is -1.55. The van der Waals surface area contributed by atoms with Crippen molar-refractivity contribution in [3.05, 3.63) is 34.2 Å². The van der Waals surface area contributed by atoms with Gasteiger partial charge in [0.15, 0.2) is 0 Å². The lowest BCUT2D eigenvalue weighted by Gasteiger charge is -2.16. The lowest BCUT2D eigenvalue weighted by Crippen LogP contribution is -2.19. The molecule has 0 radical (unpaired) electrons. The largest absolute Gasteiger partial charge is 0.328 e. The molecule has 1 aromatic carbocycles. The summed E-state index contributed by atoms with van der Waals surface area (Å²) >= 11 is 0. The van der Waals surface area contributed by atoms with Crippen LogP contribution in [0.25, 0.3) is 11.0 Å². The predicted octanol–water partition coefficient (Wildman–Crippen LogP) is 1.79. The molecule has 0 aliphatic heterocycles. The van der Waals surface area contributed by atoms with Crippen molar-refractivity contribution in [1.82, 2.24) is 14.5 Å². The minimum atomic E-state index is 0.0351. The van der Waals surface area contributed by atoms with Crippen LogP contribution in [-0.4, -0.2) is 16.2 Å². The average molecular weight is 259 g/mol. The Labute approximate surface area is 113 Å². The standard InChI is InChI=1S/C15H21N3O/c1-9-7-11(9)14(16-2)10-5-6-12-13(8-10)18(4)15(19)17(12)3/h5-6,8-9,11,14,16H,7H2,1-4H3. The number of aromatic nitrogens is 2. The predicted molar refractivity (Wildman–Crippen MR) is 77.2 cm³/mol. The monoisotopic (exact) mass is 259 g/mol. The molecule has 1 aliphatic carbocycles. The summed E-state index contributed by atoms with van der Waals surface area (Å²) in [5.74, 6) is 1.52. The van der Waals surface area contributed by atoms with E-state index in [0.717, 1.165) is 22.9 Å². The molecule has 1 aromatic heterocycles. The van der Waals surface area contributed by atoms with E-state index in [1.165, 1.54) is 12.0 Å². The van der Waals surface area contributed by atoms with E-state index in [9.17, 15) is 4.79 Å². The molecule has 3 rings (SSSR count). The molecule has 102 valence electrons. The summed E-state index contributed by atoms with van der Waals surface area (Å²) in [7, 11) is 5.68. The molecule has 1 fully saturated rings. The van der Waals surface area contributed by atoms with E-state index < -0.39 is 0 Å². The van der Waals surface area contributed by atoms with Crippen molar-refractivity contribution < 1.29 is 0 Å². The Balaban J connectivity index is 2.11. The Morgan fingerprint density at radius 2 is 1.89 bits per heavy atom. The Kier molecular flexibility index (Phi) is 2.78. The summed E-state index contributed by atoms with van der Waals surface area (Å²) in [5, 5.41) is 3.42. The van der Waals surface area contributed by atoms with Crippen LogP contribution in [0.1, 0.15) is 24.9 Å². The topological polar surface area (TPSA) is 39.0 Å². The van der Waals surface area contributed by atoms with E-state index in [4.69, 9.17) is 0 Å². The van der Waals surface area contributed by atoms with Crippen molar-refractivity contribution >= 4 is 11.0 Å². The van der Waals surface area contributed by atoms with Gasteiger partial charge < -0.3 is 5.32 Å². The molecule has 19 heavy (non-hydrogen) atoms.